The summed E-state index contributed by atoms with van der Waals surface area (Å²) in [6, 6.07) is 5.57. The van der Waals surface area contributed by atoms with Gasteiger partial charge in [0.2, 0.25) is 0 Å². The number of thioether (sulfide) groups is 1. The van der Waals surface area contributed by atoms with Gasteiger partial charge in [-0.15, -0.1) is 23.4 Å². The van der Waals surface area contributed by atoms with Crippen LogP contribution < -0.4 is 0 Å². The van der Waals surface area contributed by atoms with Crippen LogP contribution in [-0.4, -0.2) is 11.6 Å². The first-order valence-corrected chi connectivity index (χ1v) is 7.55. The van der Waals surface area contributed by atoms with Gasteiger partial charge in [0.1, 0.15) is 0 Å². The van der Waals surface area contributed by atoms with E-state index in [1.807, 2.05) is 18.2 Å². The van der Waals surface area contributed by atoms with Crippen molar-refractivity contribution in [1.29, 1.82) is 0 Å². The molecular weight excluding hydrogens is 283 g/mol. The minimum atomic E-state index is 0.669. The highest BCUT2D eigenvalue weighted by atomic mass is 35.5. The molecule has 1 aromatic rings. The summed E-state index contributed by atoms with van der Waals surface area (Å²) in [6.07, 6.45) is 2.23. The van der Waals surface area contributed by atoms with Gasteiger partial charge in [0.25, 0.3) is 0 Å². The second kappa shape index (κ2) is 7.71. The number of rotatable bonds is 6. The van der Waals surface area contributed by atoms with Crippen molar-refractivity contribution < 1.29 is 0 Å². The average molecular weight is 298 g/mol. The summed E-state index contributed by atoms with van der Waals surface area (Å²) in [5, 5.41) is 1.51. The first kappa shape index (κ1) is 14.5. The molecule has 4 heteroatoms. The maximum Gasteiger partial charge on any atom is 0.0542 e. The van der Waals surface area contributed by atoms with Gasteiger partial charge in [-0.3, -0.25) is 0 Å². The highest BCUT2D eigenvalue weighted by molar-refractivity contribution is 7.99. The number of hydrogen-bond acceptors (Lipinski definition) is 1. The number of hydrogen-bond donors (Lipinski definition) is 0. The summed E-state index contributed by atoms with van der Waals surface area (Å²) in [5.74, 6) is 2.46. The lowest BCUT2D eigenvalue weighted by molar-refractivity contribution is 0.552. The highest BCUT2D eigenvalue weighted by Gasteiger charge is 2.05. The molecule has 1 atom stereocenters. The van der Waals surface area contributed by atoms with Crippen molar-refractivity contribution in [3.8, 4) is 0 Å². The summed E-state index contributed by atoms with van der Waals surface area (Å²) < 4.78 is 0. The molecule has 1 rings (SSSR count). The predicted octanol–water partition coefficient (Wildman–Crippen LogP) is 5.74. The minimum absolute atomic E-state index is 0.669. The summed E-state index contributed by atoms with van der Waals surface area (Å²) in [5.41, 5.74) is 0. The third kappa shape index (κ3) is 5.18. The average Bonchev–Trinajstić information content (AvgIpc) is 2.23. The van der Waals surface area contributed by atoms with Crippen molar-refractivity contribution in [1.82, 2.24) is 0 Å². The van der Waals surface area contributed by atoms with Gasteiger partial charge in [-0.05, 0) is 42.7 Å². The zero-order chi connectivity index (χ0) is 12.0. The highest BCUT2D eigenvalue weighted by Crippen LogP contribution is 2.31. The fraction of sp³-hybridized carbons (Fsp3) is 0.500. The van der Waals surface area contributed by atoms with E-state index in [0.717, 1.165) is 39.4 Å². The van der Waals surface area contributed by atoms with Gasteiger partial charge in [-0.25, -0.2) is 0 Å². The number of alkyl halides is 1. The van der Waals surface area contributed by atoms with Crippen molar-refractivity contribution in [2.45, 2.75) is 24.7 Å². The van der Waals surface area contributed by atoms with Gasteiger partial charge in [-0.1, -0.05) is 30.1 Å². The van der Waals surface area contributed by atoms with E-state index < -0.39 is 0 Å². The summed E-state index contributed by atoms with van der Waals surface area (Å²) in [7, 11) is 0. The van der Waals surface area contributed by atoms with E-state index in [1.54, 1.807) is 11.8 Å². The van der Waals surface area contributed by atoms with Crippen LogP contribution in [-0.2, 0) is 0 Å². The monoisotopic (exact) mass is 296 g/mol. The summed E-state index contributed by atoms with van der Waals surface area (Å²) >= 11 is 19.4. The zero-order valence-corrected chi connectivity index (χ0v) is 12.3. The van der Waals surface area contributed by atoms with Crippen molar-refractivity contribution in [2.75, 3.05) is 11.6 Å². The molecule has 0 aromatic heterocycles. The maximum atomic E-state index is 6.07. The second-order valence-electron chi connectivity index (χ2n) is 3.79. The molecule has 0 nitrogen and oxygen atoms in total. The van der Waals surface area contributed by atoms with Gasteiger partial charge in [0.05, 0.1) is 5.02 Å². The van der Waals surface area contributed by atoms with Crippen molar-refractivity contribution in [2.24, 2.45) is 5.92 Å². The van der Waals surface area contributed by atoms with Crippen LogP contribution in [0.1, 0.15) is 19.8 Å². The van der Waals surface area contributed by atoms with Crippen LogP contribution in [0.25, 0.3) is 0 Å². The van der Waals surface area contributed by atoms with E-state index in [4.69, 9.17) is 34.8 Å². The third-order valence-electron chi connectivity index (χ3n) is 2.36. The molecule has 90 valence electrons. The van der Waals surface area contributed by atoms with Crippen molar-refractivity contribution in [3.63, 3.8) is 0 Å². The topological polar surface area (TPSA) is 0 Å². The molecule has 0 radical (unpaired) electrons. The van der Waals surface area contributed by atoms with Crippen molar-refractivity contribution >= 4 is 46.6 Å². The Labute approximate surface area is 117 Å². The Morgan fingerprint density at radius 3 is 2.69 bits per heavy atom. The van der Waals surface area contributed by atoms with Crippen LogP contribution in [0.4, 0.5) is 0 Å². The second-order valence-corrected chi connectivity index (χ2v) is 6.15. The van der Waals surface area contributed by atoms with Crippen LogP contribution in [0.15, 0.2) is 23.1 Å². The lowest BCUT2D eigenvalue weighted by Crippen LogP contribution is -1.97. The first-order valence-electron chi connectivity index (χ1n) is 5.27. The minimum Gasteiger partial charge on any atom is -0.127 e. The molecule has 0 aliphatic rings. The normalized spacial score (nSPS) is 12.8. The molecule has 0 N–H and O–H groups in total. The number of halogens is 3. The molecule has 0 aliphatic heterocycles. The molecule has 1 aromatic carbocycles. The fourth-order valence-corrected chi connectivity index (χ4v) is 3.34. The van der Waals surface area contributed by atoms with Crippen LogP contribution >= 0.6 is 46.6 Å². The lowest BCUT2D eigenvalue weighted by Gasteiger charge is -2.09. The molecule has 16 heavy (non-hydrogen) atoms. The summed E-state index contributed by atoms with van der Waals surface area (Å²) in [4.78, 5) is 1.06. The van der Waals surface area contributed by atoms with Crippen molar-refractivity contribution in [3.05, 3.63) is 28.2 Å². The van der Waals surface area contributed by atoms with Gasteiger partial charge in [0.15, 0.2) is 0 Å². The number of benzene rings is 1. The Bertz CT molecular complexity index is 328. The zero-order valence-electron chi connectivity index (χ0n) is 9.18. The summed E-state index contributed by atoms with van der Waals surface area (Å²) in [6.45, 7) is 2.22. The fourth-order valence-electron chi connectivity index (χ4n) is 1.29. The van der Waals surface area contributed by atoms with Gasteiger partial charge < -0.3 is 0 Å². The van der Waals surface area contributed by atoms with Crippen LogP contribution in [0.3, 0.4) is 0 Å². The van der Waals surface area contributed by atoms with Gasteiger partial charge in [0, 0.05) is 15.8 Å². The largest absolute Gasteiger partial charge is 0.127 e. The predicted molar refractivity (Wildman–Crippen MR) is 76.3 cm³/mol. The van der Waals surface area contributed by atoms with Gasteiger partial charge >= 0.3 is 0 Å². The molecule has 0 fully saturated rings. The lowest BCUT2D eigenvalue weighted by atomic mass is 10.1. The Morgan fingerprint density at radius 1 is 1.25 bits per heavy atom. The van der Waals surface area contributed by atoms with Crippen LogP contribution in [0, 0.1) is 5.92 Å². The van der Waals surface area contributed by atoms with E-state index in [0.29, 0.717) is 5.92 Å². The smallest absolute Gasteiger partial charge is 0.0542 e. The molecule has 0 saturated carbocycles. The van der Waals surface area contributed by atoms with E-state index >= 15 is 0 Å². The molecule has 0 spiro atoms. The Morgan fingerprint density at radius 2 is 2.00 bits per heavy atom. The van der Waals surface area contributed by atoms with E-state index in [-0.39, 0.29) is 0 Å². The van der Waals surface area contributed by atoms with E-state index in [2.05, 4.69) is 6.92 Å². The Kier molecular flexibility index (Phi) is 6.98. The Hall–Kier alpha value is 0.440. The molecule has 0 heterocycles. The molecule has 0 bridgehead atoms. The third-order valence-corrected chi connectivity index (χ3v) is 4.35. The van der Waals surface area contributed by atoms with E-state index in [9.17, 15) is 0 Å². The standard InChI is InChI=1S/C12H15Cl3S/c1-9(4-6-13)5-7-16-12-8-10(14)2-3-11(12)15/h2-3,8-9H,4-7H2,1H3. The first-order chi connectivity index (χ1) is 7.63. The Balaban J connectivity index is 2.39. The van der Waals surface area contributed by atoms with E-state index in [1.165, 1.54) is 0 Å². The molecule has 0 aliphatic carbocycles. The molecule has 1 unspecified atom stereocenters. The molecular formula is C12H15Cl3S. The van der Waals surface area contributed by atoms with Crippen LogP contribution in [0.2, 0.25) is 10.0 Å². The molecule has 0 saturated heterocycles. The van der Waals surface area contributed by atoms with Crippen LogP contribution in [0.5, 0.6) is 0 Å². The van der Waals surface area contributed by atoms with Gasteiger partial charge in [-0.2, -0.15) is 0 Å². The molecule has 0 amide bonds. The SMILES string of the molecule is CC(CCCl)CCSc1cc(Cl)ccc1Cl. The maximum absolute atomic E-state index is 6.07. The quantitative estimate of drug-likeness (QED) is 0.476.